The molecule has 0 bridgehead atoms. The zero-order valence-corrected chi connectivity index (χ0v) is 28.7. The van der Waals surface area contributed by atoms with Crippen molar-refractivity contribution in [2.45, 2.75) is 46.4 Å². The number of pyridine rings is 2. The van der Waals surface area contributed by atoms with E-state index in [2.05, 4.69) is 15.3 Å². The summed E-state index contributed by atoms with van der Waals surface area (Å²) in [4.78, 5) is 48.5. The summed E-state index contributed by atoms with van der Waals surface area (Å²) in [5, 5.41) is 3.51. The highest BCUT2D eigenvalue weighted by Crippen LogP contribution is 2.31. The Hall–Kier alpha value is -4.91. The lowest BCUT2D eigenvalue weighted by Crippen LogP contribution is -2.39. The molecule has 0 unspecified atom stereocenters. The number of para-hydroxylation sites is 1. The van der Waals surface area contributed by atoms with Crippen LogP contribution in [0.5, 0.6) is 17.2 Å². The Bertz CT molecular complexity index is 1930. The fraction of sp³-hybridized carbons (Fsp3) is 0.265. The molecule has 2 aromatic carbocycles. The van der Waals surface area contributed by atoms with Crippen molar-refractivity contribution < 1.29 is 23.8 Å². The number of nitrogens with one attached hydrogen (secondary N) is 1. The number of esters is 1. The number of amides is 1. The first-order chi connectivity index (χ1) is 22.1. The number of carbonyl (C=O) groups excluding carboxylic acids is 2. The number of halogens is 2. The van der Waals surface area contributed by atoms with Crippen LogP contribution in [0.25, 0.3) is 16.6 Å². The molecule has 254 valence electrons. The molecule has 48 heavy (non-hydrogen) atoms. The number of carbonyl (C=O) groups is 2. The highest BCUT2D eigenvalue weighted by atomic mass is 35.5. The molecule has 0 aliphatic rings. The van der Waals surface area contributed by atoms with Crippen LogP contribution < -0.4 is 26.1 Å². The number of hydrogen-bond donors (Lipinski definition) is 2. The van der Waals surface area contributed by atoms with E-state index in [1.807, 2.05) is 38.1 Å². The molecule has 2 atom stereocenters. The molecule has 12 nitrogen and oxygen atoms in total. The lowest BCUT2D eigenvalue weighted by Gasteiger charge is -2.21. The number of aromatic nitrogens is 4. The van der Waals surface area contributed by atoms with Crippen LogP contribution >= 0.6 is 24.8 Å². The average molecular weight is 698 g/mol. The Labute approximate surface area is 290 Å². The van der Waals surface area contributed by atoms with Crippen LogP contribution in [0.2, 0.25) is 0 Å². The van der Waals surface area contributed by atoms with Gasteiger partial charge in [0.25, 0.3) is 11.5 Å². The quantitative estimate of drug-likeness (QED) is 0.166. The molecule has 0 aliphatic carbocycles. The second kappa shape index (κ2) is 16.3. The Kier molecular flexibility index (Phi) is 12.7. The van der Waals surface area contributed by atoms with Gasteiger partial charge in [0.2, 0.25) is 0 Å². The Morgan fingerprint density at radius 2 is 1.67 bits per heavy atom. The molecule has 3 heterocycles. The molecule has 0 saturated carbocycles. The van der Waals surface area contributed by atoms with Crippen LogP contribution in [0.3, 0.4) is 0 Å². The molecule has 1 amide bonds. The van der Waals surface area contributed by atoms with Gasteiger partial charge in [-0.05, 0) is 62.2 Å². The molecule has 3 aromatic heterocycles. The van der Waals surface area contributed by atoms with Gasteiger partial charge in [0.1, 0.15) is 40.8 Å². The third-order valence-electron chi connectivity index (χ3n) is 7.48. The predicted octanol–water partition coefficient (Wildman–Crippen LogP) is 5.70. The summed E-state index contributed by atoms with van der Waals surface area (Å²) in [6.07, 6.45) is 2.48. The molecule has 3 N–H and O–H groups in total. The van der Waals surface area contributed by atoms with Gasteiger partial charge in [-0.25, -0.2) is 9.67 Å². The minimum atomic E-state index is -0.775. The van der Waals surface area contributed by atoms with Gasteiger partial charge in [0, 0.05) is 17.6 Å². The maximum Gasteiger partial charge on any atom is 0.323 e. The number of nitrogens with two attached hydrogens (primary N) is 1. The van der Waals surface area contributed by atoms with Crippen molar-refractivity contribution in [3.05, 3.63) is 101 Å². The summed E-state index contributed by atoms with van der Waals surface area (Å²) in [6.45, 7) is 7.16. The number of benzene rings is 2. The highest BCUT2D eigenvalue weighted by Gasteiger charge is 2.27. The topological polar surface area (TPSA) is 153 Å². The fourth-order valence-corrected chi connectivity index (χ4v) is 4.92. The van der Waals surface area contributed by atoms with Gasteiger partial charge in [-0.15, -0.1) is 24.8 Å². The Morgan fingerprint density at radius 1 is 0.958 bits per heavy atom. The molecule has 14 heteroatoms. The van der Waals surface area contributed by atoms with Gasteiger partial charge in [0.15, 0.2) is 0 Å². The van der Waals surface area contributed by atoms with Crippen LogP contribution in [0, 0.1) is 12.8 Å². The Morgan fingerprint density at radius 3 is 2.31 bits per heavy atom. The van der Waals surface area contributed by atoms with E-state index in [1.54, 1.807) is 74.3 Å². The molecule has 0 spiro atoms. The van der Waals surface area contributed by atoms with Crippen LogP contribution in [0.1, 0.15) is 36.8 Å². The zero-order chi connectivity index (χ0) is 33.0. The largest absolute Gasteiger partial charge is 0.497 e. The number of ether oxygens (including phenoxy) is 3. The summed E-state index contributed by atoms with van der Waals surface area (Å²) in [5.41, 5.74) is 7.02. The van der Waals surface area contributed by atoms with Crippen LogP contribution in [-0.2, 0) is 16.1 Å². The normalized spacial score (nSPS) is 12.0. The summed E-state index contributed by atoms with van der Waals surface area (Å²) < 4.78 is 19.9. The van der Waals surface area contributed by atoms with Gasteiger partial charge in [-0.2, -0.15) is 0 Å². The number of fused-ring (bicyclic) bond motifs is 1. The zero-order valence-electron chi connectivity index (χ0n) is 27.1. The molecule has 5 aromatic rings. The standard InChI is InChI=1S/C34H36N6O6.2ClH/c1-20(2)31(35)34(43)45-21(3)19-39-22(4)30(33(42)40(39)23-9-7-6-8-10-23)32(41)38-29-14-12-25(18-37-29)46-28-15-16-36-27-17-24(44-5)11-13-26(27)28;;/h6-18,20-21,31H,19,35H2,1-5H3,(H,37,38,41);2*1H/t21-,31-;;/m0../s1. The van der Waals surface area contributed by atoms with E-state index in [0.29, 0.717) is 34.1 Å². The second-order valence-electron chi connectivity index (χ2n) is 11.1. The van der Waals surface area contributed by atoms with Crippen molar-refractivity contribution in [3.8, 4) is 22.9 Å². The summed E-state index contributed by atoms with van der Waals surface area (Å²) in [5.74, 6) is 0.669. The minimum Gasteiger partial charge on any atom is -0.497 e. The molecule has 0 radical (unpaired) electrons. The third-order valence-corrected chi connectivity index (χ3v) is 7.48. The molecule has 5 rings (SSSR count). The molecule has 0 fully saturated rings. The molecular weight excluding hydrogens is 659 g/mol. The van der Waals surface area contributed by atoms with Crippen molar-refractivity contribution in [1.29, 1.82) is 0 Å². The number of anilines is 1. The second-order valence-corrected chi connectivity index (χ2v) is 11.1. The average Bonchev–Trinajstić information content (AvgIpc) is 3.29. The van der Waals surface area contributed by atoms with Crippen molar-refractivity contribution >= 4 is 53.4 Å². The summed E-state index contributed by atoms with van der Waals surface area (Å²) in [7, 11) is 1.59. The van der Waals surface area contributed by atoms with Crippen LogP contribution in [0.4, 0.5) is 5.82 Å². The van der Waals surface area contributed by atoms with Crippen molar-refractivity contribution in [2.75, 3.05) is 12.4 Å². The minimum absolute atomic E-state index is 0. The number of methoxy groups -OCH3 is 1. The maximum absolute atomic E-state index is 13.7. The Balaban J connectivity index is 0.00000312. The van der Waals surface area contributed by atoms with Crippen molar-refractivity contribution in [1.82, 2.24) is 19.3 Å². The van der Waals surface area contributed by atoms with E-state index in [4.69, 9.17) is 19.9 Å². The van der Waals surface area contributed by atoms with Gasteiger partial charge >= 0.3 is 5.97 Å². The third kappa shape index (κ3) is 8.14. The molecular formula is C34H38Cl2N6O6. The fourth-order valence-electron chi connectivity index (χ4n) is 4.92. The first-order valence-corrected chi connectivity index (χ1v) is 14.8. The van der Waals surface area contributed by atoms with E-state index in [0.717, 1.165) is 5.39 Å². The molecule has 0 aliphatic heterocycles. The van der Waals surface area contributed by atoms with Gasteiger partial charge in [0.05, 0.1) is 36.7 Å². The van der Waals surface area contributed by atoms with E-state index in [-0.39, 0.29) is 48.7 Å². The highest BCUT2D eigenvalue weighted by molar-refractivity contribution is 6.04. The maximum atomic E-state index is 13.7. The smallest absolute Gasteiger partial charge is 0.323 e. The lowest BCUT2D eigenvalue weighted by molar-refractivity contribution is -0.151. The molecule has 0 saturated heterocycles. The van der Waals surface area contributed by atoms with E-state index >= 15 is 0 Å². The van der Waals surface area contributed by atoms with Crippen LogP contribution in [0.15, 0.2) is 83.9 Å². The van der Waals surface area contributed by atoms with Gasteiger partial charge in [-0.3, -0.25) is 24.0 Å². The first kappa shape index (κ1) is 37.5. The number of rotatable bonds is 11. The van der Waals surface area contributed by atoms with Crippen LogP contribution in [-0.4, -0.2) is 50.5 Å². The predicted molar refractivity (Wildman–Crippen MR) is 188 cm³/mol. The lowest BCUT2D eigenvalue weighted by atomic mass is 10.1. The SMILES string of the molecule is COc1ccc2c(Oc3ccc(NC(=O)c4c(C)n(C[C@H](C)OC(=O)[C@@H](N)C(C)C)n(-c5ccccc5)c4=O)nc3)ccnc2c1.Cl.Cl. The van der Waals surface area contributed by atoms with Crippen molar-refractivity contribution in [3.63, 3.8) is 0 Å². The summed E-state index contributed by atoms with van der Waals surface area (Å²) >= 11 is 0. The number of hydrogen-bond acceptors (Lipinski definition) is 9. The van der Waals surface area contributed by atoms with Gasteiger partial charge in [-0.1, -0.05) is 32.0 Å². The monoisotopic (exact) mass is 696 g/mol. The first-order valence-electron chi connectivity index (χ1n) is 14.8. The van der Waals surface area contributed by atoms with E-state index < -0.39 is 29.6 Å². The number of nitrogens with zero attached hydrogens (tertiary/aromatic N) is 4. The van der Waals surface area contributed by atoms with Gasteiger partial charge < -0.3 is 25.3 Å². The van der Waals surface area contributed by atoms with E-state index in [1.165, 1.54) is 10.9 Å². The van der Waals surface area contributed by atoms with Crippen molar-refractivity contribution in [2.24, 2.45) is 11.7 Å². The summed E-state index contributed by atoms with van der Waals surface area (Å²) in [6, 6.07) is 18.6. The van der Waals surface area contributed by atoms with E-state index in [9.17, 15) is 14.4 Å².